The predicted molar refractivity (Wildman–Crippen MR) is 102 cm³/mol. The van der Waals surface area contributed by atoms with Crippen LogP contribution in [-0.2, 0) is 11.3 Å². The van der Waals surface area contributed by atoms with Crippen LogP contribution < -0.4 is 11.0 Å². The maximum Gasteiger partial charge on any atom is 0.352 e. The van der Waals surface area contributed by atoms with E-state index in [2.05, 4.69) is 15.4 Å². The molecule has 0 saturated heterocycles. The van der Waals surface area contributed by atoms with E-state index in [-0.39, 0.29) is 18.1 Å². The van der Waals surface area contributed by atoms with Crippen molar-refractivity contribution in [2.24, 2.45) is 0 Å². The van der Waals surface area contributed by atoms with Crippen molar-refractivity contribution in [2.45, 2.75) is 11.4 Å². The van der Waals surface area contributed by atoms with Crippen LogP contribution in [0.25, 0.3) is 16.6 Å². The quantitative estimate of drug-likeness (QED) is 0.548. The molecule has 4 aromatic rings. The van der Waals surface area contributed by atoms with Crippen molar-refractivity contribution >= 4 is 39.9 Å². The summed E-state index contributed by atoms with van der Waals surface area (Å²) in [5, 5.41) is 7.34. The largest absolute Gasteiger partial charge is 0.352 e. The first-order chi connectivity index (χ1) is 13.0. The average molecular weight is 383 g/mol. The number of hydrogen-bond donors (Lipinski definition) is 1. The highest BCUT2D eigenvalue weighted by atomic mass is 32.2. The van der Waals surface area contributed by atoms with E-state index < -0.39 is 11.5 Å². The van der Waals surface area contributed by atoms with Gasteiger partial charge in [-0.3, -0.25) is 4.79 Å². The average Bonchev–Trinajstić information content (AvgIpc) is 2.98. The zero-order valence-corrected chi connectivity index (χ0v) is 15.0. The van der Waals surface area contributed by atoms with E-state index in [0.29, 0.717) is 16.6 Å². The first-order valence-corrected chi connectivity index (χ1v) is 9.25. The zero-order chi connectivity index (χ0) is 19.0. The Bertz CT molecular complexity index is 1230. The van der Waals surface area contributed by atoms with Gasteiger partial charge in [0, 0.05) is 16.0 Å². The van der Waals surface area contributed by atoms with E-state index in [4.69, 9.17) is 0 Å². The van der Waals surface area contributed by atoms with Gasteiger partial charge in [0.15, 0.2) is 5.65 Å². The molecule has 136 valence electrons. The molecule has 4 rings (SSSR count). The highest BCUT2D eigenvalue weighted by Crippen LogP contribution is 2.19. The fraction of sp³-hybridized carbons (Fsp3) is 0.111. The minimum atomic E-state index is -0.517. The van der Waals surface area contributed by atoms with Crippen molar-refractivity contribution in [3.63, 3.8) is 0 Å². The van der Waals surface area contributed by atoms with Crippen LogP contribution in [0.5, 0.6) is 0 Å². The van der Waals surface area contributed by atoms with Gasteiger partial charge in [-0.2, -0.15) is 0 Å². The van der Waals surface area contributed by atoms with Gasteiger partial charge in [0.05, 0.1) is 5.52 Å². The third-order valence-corrected chi connectivity index (χ3v) is 4.75. The van der Waals surface area contributed by atoms with E-state index in [1.165, 1.54) is 28.9 Å². The van der Waals surface area contributed by atoms with Crippen molar-refractivity contribution in [3.05, 3.63) is 65.1 Å². The first-order valence-electron chi connectivity index (χ1n) is 8.02. The molecule has 1 amide bonds. The van der Waals surface area contributed by atoms with Crippen LogP contribution >= 0.6 is 11.8 Å². The van der Waals surface area contributed by atoms with Crippen LogP contribution in [0, 0.1) is 5.82 Å². The molecule has 2 heterocycles. The lowest BCUT2D eigenvalue weighted by Crippen LogP contribution is -2.28. The minimum Gasteiger partial charge on any atom is -0.324 e. The summed E-state index contributed by atoms with van der Waals surface area (Å²) >= 11 is 1.56. The van der Waals surface area contributed by atoms with Gasteiger partial charge in [0.25, 0.3) is 0 Å². The maximum absolute atomic E-state index is 13.6. The first kappa shape index (κ1) is 17.2. The van der Waals surface area contributed by atoms with Crippen LogP contribution in [0.3, 0.4) is 0 Å². The fourth-order valence-electron chi connectivity index (χ4n) is 2.77. The zero-order valence-electron chi connectivity index (χ0n) is 14.2. The van der Waals surface area contributed by atoms with Crippen LogP contribution in [-0.4, -0.2) is 31.3 Å². The molecular formula is C18H14FN5O2S. The Morgan fingerprint density at radius 1 is 1.26 bits per heavy atom. The van der Waals surface area contributed by atoms with Crippen LogP contribution in [0.4, 0.5) is 10.1 Å². The van der Waals surface area contributed by atoms with Crippen molar-refractivity contribution < 1.29 is 9.18 Å². The Balaban J connectivity index is 1.66. The normalized spacial score (nSPS) is 11.2. The molecule has 0 spiro atoms. The lowest BCUT2D eigenvalue weighted by molar-refractivity contribution is -0.117. The molecule has 1 N–H and O–H groups in total. The molecule has 0 unspecified atom stereocenters. The van der Waals surface area contributed by atoms with Crippen LogP contribution in [0.15, 0.2) is 58.5 Å². The summed E-state index contributed by atoms with van der Waals surface area (Å²) in [5.41, 5.74) is 0.885. The van der Waals surface area contributed by atoms with Gasteiger partial charge in [0.1, 0.15) is 18.7 Å². The molecule has 0 aliphatic rings. The molecule has 0 bridgehead atoms. The summed E-state index contributed by atoms with van der Waals surface area (Å²) in [4.78, 5) is 30.0. The van der Waals surface area contributed by atoms with Crippen molar-refractivity contribution in [2.75, 3.05) is 11.6 Å². The summed E-state index contributed by atoms with van der Waals surface area (Å²) in [6, 6.07) is 11.5. The molecule has 0 aliphatic heterocycles. The minimum absolute atomic E-state index is 0.252. The number of aromatic nitrogens is 4. The van der Waals surface area contributed by atoms with Crippen molar-refractivity contribution in [1.82, 2.24) is 19.2 Å². The molecule has 2 aromatic carbocycles. The number of fused-ring (bicyclic) bond motifs is 3. The van der Waals surface area contributed by atoms with Crippen LogP contribution in [0.2, 0.25) is 0 Å². The standard InChI is InChI=1S/C18H14FN5O2S/c1-27-13-4-2-3-12(8-13)21-16(25)9-24-18(26)23-10-20-15-6-5-11(19)7-14(15)17(23)22-24/h2-8,10H,9H2,1H3,(H,21,25). The molecule has 0 radical (unpaired) electrons. The number of nitrogens with one attached hydrogen (secondary N) is 1. The summed E-state index contributed by atoms with van der Waals surface area (Å²) < 4.78 is 15.8. The van der Waals surface area contributed by atoms with E-state index in [9.17, 15) is 14.0 Å². The van der Waals surface area contributed by atoms with Gasteiger partial charge < -0.3 is 5.32 Å². The molecule has 0 atom stereocenters. The number of nitrogens with zero attached hydrogens (tertiary/aromatic N) is 4. The Morgan fingerprint density at radius 2 is 2.11 bits per heavy atom. The number of amides is 1. The van der Waals surface area contributed by atoms with E-state index in [1.807, 2.05) is 24.5 Å². The number of carbonyl (C=O) groups is 1. The van der Waals surface area contributed by atoms with Crippen molar-refractivity contribution in [3.8, 4) is 0 Å². The number of thioether (sulfide) groups is 1. The Hall–Kier alpha value is -3.20. The number of benzene rings is 2. The molecule has 0 saturated carbocycles. The highest BCUT2D eigenvalue weighted by molar-refractivity contribution is 7.98. The van der Waals surface area contributed by atoms with Crippen LogP contribution in [0.1, 0.15) is 0 Å². The number of anilines is 1. The Morgan fingerprint density at radius 3 is 2.93 bits per heavy atom. The van der Waals surface area contributed by atoms with Crippen molar-refractivity contribution in [1.29, 1.82) is 0 Å². The second kappa shape index (κ2) is 6.84. The van der Waals surface area contributed by atoms with E-state index in [1.54, 1.807) is 17.8 Å². The SMILES string of the molecule is CSc1cccc(NC(=O)Cn2nc3c4cc(F)ccc4ncn3c2=O)c1. The smallest absolute Gasteiger partial charge is 0.324 e. The lowest BCUT2D eigenvalue weighted by Gasteiger charge is -2.06. The summed E-state index contributed by atoms with van der Waals surface area (Å²) in [7, 11) is 0. The summed E-state index contributed by atoms with van der Waals surface area (Å²) in [6.45, 7) is -0.263. The molecule has 0 fully saturated rings. The number of rotatable bonds is 4. The number of halogens is 1. The van der Waals surface area contributed by atoms with E-state index >= 15 is 0 Å². The third kappa shape index (κ3) is 3.28. The number of carbonyl (C=O) groups excluding carboxylic acids is 1. The number of hydrogen-bond acceptors (Lipinski definition) is 5. The van der Waals surface area contributed by atoms with Gasteiger partial charge in [0.2, 0.25) is 5.91 Å². The molecule has 2 aromatic heterocycles. The second-order valence-electron chi connectivity index (χ2n) is 5.82. The van der Waals surface area contributed by atoms with Gasteiger partial charge >= 0.3 is 5.69 Å². The molecule has 27 heavy (non-hydrogen) atoms. The van der Waals surface area contributed by atoms with Gasteiger partial charge in [-0.25, -0.2) is 23.3 Å². The topological polar surface area (TPSA) is 81.3 Å². The van der Waals surface area contributed by atoms with Gasteiger partial charge in [-0.05, 0) is 42.7 Å². The Labute approximate surface area is 156 Å². The third-order valence-electron chi connectivity index (χ3n) is 4.03. The molecule has 7 nitrogen and oxygen atoms in total. The Kier molecular flexibility index (Phi) is 4.36. The highest BCUT2D eigenvalue weighted by Gasteiger charge is 2.14. The molecular weight excluding hydrogens is 369 g/mol. The fourth-order valence-corrected chi connectivity index (χ4v) is 3.23. The van der Waals surface area contributed by atoms with Gasteiger partial charge in [-0.15, -0.1) is 16.9 Å². The molecule has 9 heteroatoms. The van der Waals surface area contributed by atoms with E-state index in [0.717, 1.165) is 9.58 Å². The monoisotopic (exact) mass is 383 g/mol. The summed E-state index contributed by atoms with van der Waals surface area (Å²) in [6.07, 6.45) is 3.26. The maximum atomic E-state index is 13.6. The molecule has 0 aliphatic carbocycles. The lowest BCUT2D eigenvalue weighted by atomic mass is 10.2. The summed E-state index contributed by atoms with van der Waals surface area (Å²) in [5.74, 6) is -0.840. The predicted octanol–water partition coefficient (Wildman–Crippen LogP) is 2.54. The van der Waals surface area contributed by atoms with Gasteiger partial charge in [-0.1, -0.05) is 6.07 Å². The second-order valence-corrected chi connectivity index (χ2v) is 6.70.